The van der Waals surface area contributed by atoms with Crippen molar-refractivity contribution in [1.82, 2.24) is 9.38 Å². The normalized spacial score (nSPS) is 11.0. The molecule has 0 aliphatic heterocycles. The SMILES string of the molecule is Cc1csc2nc(COC(=O)c3ccccc3NC(=O)C(C)C)cc(=O)n12. The molecule has 0 saturated carbocycles. The number of esters is 1. The number of benzene rings is 1. The molecule has 2 aromatic heterocycles. The second-order valence-corrected chi connectivity index (χ2v) is 7.18. The number of nitrogens with one attached hydrogen (secondary N) is 1. The van der Waals surface area contributed by atoms with Crippen LogP contribution in [0.5, 0.6) is 0 Å². The smallest absolute Gasteiger partial charge is 0.340 e. The minimum atomic E-state index is -0.598. The van der Waals surface area contributed by atoms with Crippen molar-refractivity contribution < 1.29 is 14.3 Å². The van der Waals surface area contributed by atoms with Gasteiger partial charge >= 0.3 is 5.97 Å². The van der Waals surface area contributed by atoms with Crippen molar-refractivity contribution in [3.63, 3.8) is 0 Å². The first-order valence-electron chi connectivity index (χ1n) is 8.40. The van der Waals surface area contributed by atoms with Gasteiger partial charge in [0.1, 0.15) is 6.61 Å². The molecule has 7 nitrogen and oxygen atoms in total. The summed E-state index contributed by atoms with van der Waals surface area (Å²) in [5, 5.41) is 4.56. The number of ether oxygens (including phenoxy) is 1. The number of thiazole rings is 1. The van der Waals surface area contributed by atoms with E-state index in [-0.39, 0.29) is 29.6 Å². The Morgan fingerprint density at radius 3 is 2.78 bits per heavy atom. The minimum Gasteiger partial charge on any atom is -0.456 e. The second kappa shape index (κ2) is 7.71. The Bertz CT molecular complexity index is 1070. The van der Waals surface area contributed by atoms with Crippen LogP contribution in [0.25, 0.3) is 4.96 Å². The summed E-state index contributed by atoms with van der Waals surface area (Å²) < 4.78 is 6.82. The van der Waals surface area contributed by atoms with Crippen LogP contribution in [0, 0.1) is 12.8 Å². The van der Waals surface area contributed by atoms with Crippen LogP contribution in [-0.4, -0.2) is 21.3 Å². The van der Waals surface area contributed by atoms with E-state index in [0.717, 1.165) is 5.69 Å². The van der Waals surface area contributed by atoms with Gasteiger partial charge in [-0.2, -0.15) is 0 Å². The molecule has 3 aromatic rings. The summed E-state index contributed by atoms with van der Waals surface area (Å²) in [6.45, 7) is 5.23. The Balaban J connectivity index is 1.77. The number of carbonyl (C=O) groups excluding carboxylic acids is 2. The Hall–Kier alpha value is -3.00. The molecule has 0 spiro atoms. The monoisotopic (exact) mass is 385 g/mol. The zero-order valence-electron chi connectivity index (χ0n) is 15.2. The summed E-state index contributed by atoms with van der Waals surface area (Å²) in [5.74, 6) is -1.00. The maximum Gasteiger partial charge on any atom is 0.340 e. The summed E-state index contributed by atoms with van der Waals surface area (Å²) >= 11 is 1.35. The van der Waals surface area contributed by atoms with E-state index in [9.17, 15) is 14.4 Å². The Kier molecular flexibility index (Phi) is 5.36. The van der Waals surface area contributed by atoms with E-state index < -0.39 is 5.97 Å². The van der Waals surface area contributed by atoms with E-state index in [1.165, 1.54) is 21.8 Å². The van der Waals surface area contributed by atoms with Crippen molar-refractivity contribution in [2.75, 3.05) is 5.32 Å². The predicted molar refractivity (Wildman–Crippen MR) is 103 cm³/mol. The number of rotatable bonds is 5. The number of carbonyl (C=O) groups is 2. The van der Waals surface area contributed by atoms with Crippen molar-refractivity contribution in [3.8, 4) is 0 Å². The lowest BCUT2D eigenvalue weighted by atomic mass is 10.1. The molecule has 27 heavy (non-hydrogen) atoms. The lowest BCUT2D eigenvalue weighted by Crippen LogP contribution is -2.20. The number of aromatic nitrogens is 2. The zero-order chi connectivity index (χ0) is 19.6. The molecule has 8 heteroatoms. The van der Waals surface area contributed by atoms with Gasteiger partial charge in [-0.3, -0.25) is 14.0 Å². The van der Waals surface area contributed by atoms with Crippen molar-refractivity contribution in [2.45, 2.75) is 27.4 Å². The highest BCUT2D eigenvalue weighted by atomic mass is 32.1. The van der Waals surface area contributed by atoms with Gasteiger partial charge in [-0.05, 0) is 19.1 Å². The summed E-state index contributed by atoms with van der Waals surface area (Å²) in [4.78, 5) is 41.5. The average Bonchev–Trinajstić information content (AvgIpc) is 3.01. The molecule has 0 saturated heterocycles. The van der Waals surface area contributed by atoms with Crippen molar-refractivity contribution in [1.29, 1.82) is 0 Å². The van der Waals surface area contributed by atoms with Gasteiger partial charge in [0.25, 0.3) is 5.56 Å². The van der Waals surface area contributed by atoms with Gasteiger partial charge in [0.05, 0.1) is 16.9 Å². The van der Waals surface area contributed by atoms with E-state index in [0.29, 0.717) is 16.3 Å². The maximum absolute atomic E-state index is 12.5. The fourth-order valence-corrected chi connectivity index (χ4v) is 3.33. The Morgan fingerprint density at radius 2 is 2.04 bits per heavy atom. The van der Waals surface area contributed by atoms with Crippen LogP contribution in [0.1, 0.15) is 35.6 Å². The third-order valence-electron chi connectivity index (χ3n) is 3.91. The van der Waals surface area contributed by atoms with Crippen molar-refractivity contribution in [2.24, 2.45) is 5.92 Å². The van der Waals surface area contributed by atoms with Gasteiger partial charge in [-0.25, -0.2) is 9.78 Å². The third kappa shape index (κ3) is 4.06. The van der Waals surface area contributed by atoms with Gasteiger partial charge in [-0.15, -0.1) is 11.3 Å². The van der Waals surface area contributed by atoms with Crippen LogP contribution in [-0.2, 0) is 16.1 Å². The highest BCUT2D eigenvalue weighted by molar-refractivity contribution is 7.15. The van der Waals surface area contributed by atoms with E-state index >= 15 is 0 Å². The first-order chi connectivity index (χ1) is 12.9. The predicted octanol–water partition coefficient (Wildman–Crippen LogP) is 3.02. The summed E-state index contributed by atoms with van der Waals surface area (Å²) in [7, 11) is 0. The largest absolute Gasteiger partial charge is 0.456 e. The molecule has 3 rings (SSSR count). The molecule has 2 heterocycles. The van der Waals surface area contributed by atoms with Gasteiger partial charge in [0, 0.05) is 23.1 Å². The Labute approximate surface area is 159 Å². The molecule has 1 N–H and O–H groups in total. The molecule has 0 atom stereocenters. The highest BCUT2D eigenvalue weighted by Gasteiger charge is 2.16. The average molecular weight is 385 g/mol. The maximum atomic E-state index is 12.5. The summed E-state index contributed by atoms with van der Waals surface area (Å²) in [5.41, 5.74) is 1.61. The number of hydrogen-bond acceptors (Lipinski definition) is 6. The van der Waals surface area contributed by atoms with Crippen LogP contribution < -0.4 is 10.9 Å². The van der Waals surface area contributed by atoms with Gasteiger partial charge in [0.2, 0.25) is 5.91 Å². The van der Waals surface area contributed by atoms with E-state index in [1.54, 1.807) is 38.1 Å². The molecule has 0 unspecified atom stereocenters. The third-order valence-corrected chi connectivity index (χ3v) is 4.85. The molecule has 0 fully saturated rings. The highest BCUT2D eigenvalue weighted by Crippen LogP contribution is 2.18. The number of hydrogen-bond donors (Lipinski definition) is 1. The Morgan fingerprint density at radius 1 is 1.30 bits per heavy atom. The number of fused-ring (bicyclic) bond motifs is 1. The van der Waals surface area contributed by atoms with Crippen molar-refractivity contribution in [3.05, 3.63) is 63.0 Å². The fraction of sp³-hybridized carbons (Fsp3) is 0.263. The van der Waals surface area contributed by atoms with Crippen molar-refractivity contribution >= 4 is 33.9 Å². The molecule has 0 aliphatic carbocycles. The second-order valence-electron chi connectivity index (χ2n) is 6.35. The van der Waals surface area contributed by atoms with Crippen LogP contribution in [0.15, 0.2) is 40.5 Å². The lowest BCUT2D eigenvalue weighted by Gasteiger charge is -2.12. The molecular weight excluding hydrogens is 366 g/mol. The van der Waals surface area contributed by atoms with Gasteiger partial charge in [0.15, 0.2) is 4.96 Å². The molecule has 1 aromatic carbocycles. The molecule has 140 valence electrons. The first-order valence-corrected chi connectivity index (χ1v) is 9.28. The quantitative estimate of drug-likeness (QED) is 0.682. The summed E-state index contributed by atoms with van der Waals surface area (Å²) in [6.07, 6.45) is 0. The fourth-order valence-electron chi connectivity index (χ4n) is 2.44. The minimum absolute atomic E-state index is 0.131. The van der Waals surface area contributed by atoms with Crippen LogP contribution in [0.3, 0.4) is 0 Å². The number of nitrogens with zero attached hydrogens (tertiary/aromatic N) is 2. The number of anilines is 1. The standard InChI is InChI=1S/C19H19N3O4S/c1-11(2)17(24)21-15-7-5-4-6-14(15)18(25)26-9-13-8-16(23)22-12(3)10-27-19(22)20-13/h4-8,10-11H,9H2,1-3H3,(H,21,24). The molecule has 0 aliphatic rings. The van der Waals surface area contributed by atoms with Crippen LogP contribution in [0.4, 0.5) is 5.69 Å². The zero-order valence-corrected chi connectivity index (χ0v) is 16.0. The lowest BCUT2D eigenvalue weighted by molar-refractivity contribution is -0.118. The molecular formula is C19H19N3O4S. The number of amides is 1. The molecule has 1 amide bonds. The van der Waals surface area contributed by atoms with Gasteiger partial charge in [-0.1, -0.05) is 26.0 Å². The van der Waals surface area contributed by atoms with Crippen LogP contribution in [0.2, 0.25) is 0 Å². The summed E-state index contributed by atoms with van der Waals surface area (Å²) in [6, 6.07) is 7.98. The molecule has 0 radical (unpaired) electrons. The topological polar surface area (TPSA) is 89.8 Å². The number of para-hydroxylation sites is 1. The van der Waals surface area contributed by atoms with Crippen LogP contribution >= 0.6 is 11.3 Å². The van der Waals surface area contributed by atoms with Gasteiger partial charge < -0.3 is 10.1 Å². The first kappa shape index (κ1) is 18.8. The van der Waals surface area contributed by atoms with E-state index in [4.69, 9.17) is 4.74 Å². The van der Waals surface area contributed by atoms with E-state index in [2.05, 4.69) is 10.3 Å². The number of aryl methyl sites for hydroxylation is 1. The van der Waals surface area contributed by atoms with E-state index in [1.807, 2.05) is 12.3 Å². The molecule has 0 bridgehead atoms.